The first-order valence-corrected chi connectivity index (χ1v) is 16.8. The van der Waals surface area contributed by atoms with Crippen LogP contribution in [0.15, 0.2) is 12.1 Å². The zero-order valence-corrected chi connectivity index (χ0v) is 21.0. The molecular weight excluding hydrogens is 389 g/mol. The molecule has 0 unspecified atom stereocenters. The van der Waals surface area contributed by atoms with Gasteiger partial charge < -0.3 is 24.4 Å². The highest BCUT2D eigenvalue weighted by atomic mass is 28.4. The monoisotopic (exact) mass is 425 g/mol. The van der Waals surface area contributed by atoms with Crippen molar-refractivity contribution in [2.75, 3.05) is 14.2 Å². The van der Waals surface area contributed by atoms with Crippen LogP contribution in [-0.4, -0.2) is 69.7 Å². The molecule has 0 saturated carbocycles. The normalized spacial score (nSPS) is 12.4. The summed E-state index contributed by atoms with van der Waals surface area (Å²) in [4.78, 5) is 15.3. The minimum atomic E-state index is -1.79. The fourth-order valence-electron chi connectivity index (χ4n) is 4.25. The smallest absolute Gasteiger partial charge is 0.489 e. The summed E-state index contributed by atoms with van der Waals surface area (Å²) in [6.07, 6.45) is -0.115. The molecule has 2 N–H and O–H groups in total. The van der Waals surface area contributed by atoms with Crippen LogP contribution in [-0.2, 0) is 0 Å². The molecule has 0 aliphatic heterocycles. The molecule has 0 aromatic heterocycles. The molecule has 0 saturated heterocycles. The van der Waals surface area contributed by atoms with Crippen LogP contribution in [0.5, 0.6) is 11.5 Å². The Bertz CT molecular complexity index is 685. The predicted molar refractivity (Wildman–Crippen MR) is 121 cm³/mol. The summed E-state index contributed by atoms with van der Waals surface area (Å²) in [6, 6.07) is 3.04. The van der Waals surface area contributed by atoms with Crippen LogP contribution < -0.4 is 14.9 Å². The van der Waals surface area contributed by atoms with Crippen LogP contribution in [0.3, 0.4) is 0 Å². The van der Waals surface area contributed by atoms with E-state index in [2.05, 4.69) is 39.3 Å². The molecule has 1 rings (SSSR count). The molecule has 1 aromatic rings. The van der Waals surface area contributed by atoms with E-state index in [1.165, 1.54) is 13.2 Å². The van der Waals surface area contributed by atoms with Crippen molar-refractivity contribution >= 4 is 34.6 Å². The Morgan fingerprint density at radius 1 is 1.04 bits per heavy atom. The third kappa shape index (κ3) is 5.85. The molecular formula is C19H36BNO5Si2. The Balaban J connectivity index is 3.56. The summed E-state index contributed by atoms with van der Waals surface area (Å²) >= 11 is 0. The quantitative estimate of drug-likeness (QED) is 0.625. The van der Waals surface area contributed by atoms with Crippen molar-refractivity contribution in [3.05, 3.63) is 17.7 Å². The Hall–Kier alpha value is -1.29. The van der Waals surface area contributed by atoms with E-state index in [4.69, 9.17) is 9.47 Å². The fraction of sp³-hybridized carbons (Fsp3) is 0.632. The van der Waals surface area contributed by atoms with Gasteiger partial charge >= 0.3 is 7.12 Å². The predicted octanol–water partition coefficient (Wildman–Crippen LogP) is 2.36. The number of carbonyl (C=O) groups excluding carboxylic acids is 1. The molecule has 28 heavy (non-hydrogen) atoms. The van der Waals surface area contributed by atoms with Gasteiger partial charge in [0, 0.05) is 17.9 Å². The Morgan fingerprint density at radius 2 is 1.54 bits per heavy atom. The first kappa shape index (κ1) is 24.7. The van der Waals surface area contributed by atoms with Crippen molar-refractivity contribution in [2.24, 2.45) is 0 Å². The van der Waals surface area contributed by atoms with Gasteiger partial charge in [-0.1, -0.05) is 39.3 Å². The molecule has 1 aromatic carbocycles. The first-order valence-electron chi connectivity index (χ1n) is 9.63. The van der Waals surface area contributed by atoms with E-state index < -0.39 is 23.3 Å². The van der Waals surface area contributed by atoms with Gasteiger partial charge in [0.05, 0.1) is 29.4 Å². The molecule has 158 valence electrons. The Morgan fingerprint density at radius 3 is 1.89 bits per heavy atom. The lowest BCUT2D eigenvalue weighted by molar-refractivity contribution is 0.0797. The van der Waals surface area contributed by atoms with Crippen LogP contribution in [0.25, 0.3) is 0 Å². The lowest BCUT2D eigenvalue weighted by Gasteiger charge is -2.44. The fourth-order valence-corrected chi connectivity index (χ4v) is 17.2. The largest absolute Gasteiger partial charge is 0.493 e. The van der Waals surface area contributed by atoms with Crippen LogP contribution in [0, 0.1) is 0 Å². The van der Waals surface area contributed by atoms with Gasteiger partial charge in [-0.2, -0.15) is 0 Å². The van der Waals surface area contributed by atoms with Crippen LogP contribution in [0.2, 0.25) is 39.3 Å². The zero-order chi connectivity index (χ0) is 22.0. The molecule has 6 nitrogen and oxygen atoms in total. The second-order valence-corrected chi connectivity index (χ2v) is 20.8. The Labute approximate surface area is 172 Å². The third-order valence-electron chi connectivity index (χ3n) is 4.56. The van der Waals surface area contributed by atoms with E-state index in [9.17, 15) is 14.8 Å². The number of amides is 1. The minimum absolute atomic E-state index is 0.115. The maximum atomic E-state index is 13.5. The third-order valence-corrected chi connectivity index (χ3v) is 13.8. The highest BCUT2D eigenvalue weighted by Gasteiger charge is 2.43. The van der Waals surface area contributed by atoms with Gasteiger partial charge in [-0.15, -0.1) is 0 Å². The second-order valence-electron chi connectivity index (χ2n) is 9.68. The average molecular weight is 425 g/mol. The van der Waals surface area contributed by atoms with Gasteiger partial charge in [0.15, 0.2) is 11.5 Å². The van der Waals surface area contributed by atoms with E-state index in [0.717, 1.165) is 0 Å². The lowest BCUT2D eigenvalue weighted by atomic mass is 9.76. The molecule has 9 heteroatoms. The van der Waals surface area contributed by atoms with Crippen LogP contribution >= 0.6 is 0 Å². The summed E-state index contributed by atoms with van der Waals surface area (Å²) in [5.41, 5.74) is 0.352. The van der Waals surface area contributed by atoms with E-state index in [1.807, 2.05) is 25.8 Å². The van der Waals surface area contributed by atoms with E-state index >= 15 is 0 Å². The highest BCUT2D eigenvalue weighted by Crippen LogP contribution is 2.30. The van der Waals surface area contributed by atoms with Gasteiger partial charge in [0.1, 0.15) is 0 Å². The SMILES string of the molecule is COc1cc(B(O)O)c(C(=O)N(C)C([Si](C)(C)C)[Si](C)(C)C)cc1OC(C)C. The number of nitrogens with zero attached hydrogens (tertiary/aromatic N) is 1. The molecule has 0 aliphatic rings. The van der Waals surface area contributed by atoms with E-state index in [-0.39, 0.29) is 28.3 Å². The zero-order valence-electron chi connectivity index (χ0n) is 19.0. The minimum Gasteiger partial charge on any atom is -0.493 e. The van der Waals surface area contributed by atoms with Crippen LogP contribution in [0.1, 0.15) is 24.2 Å². The van der Waals surface area contributed by atoms with Gasteiger partial charge in [0.2, 0.25) is 0 Å². The van der Waals surface area contributed by atoms with Crippen molar-refractivity contribution < 1.29 is 24.3 Å². The molecule has 0 bridgehead atoms. The van der Waals surface area contributed by atoms with Crippen molar-refractivity contribution in [1.29, 1.82) is 0 Å². The van der Waals surface area contributed by atoms with Crippen molar-refractivity contribution in [2.45, 2.75) is 64.5 Å². The number of benzene rings is 1. The van der Waals surface area contributed by atoms with Gasteiger partial charge in [0.25, 0.3) is 5.91 Å². The number of carbonyl (C=O) groups is 1. The van der Waals surface area contributed by atoms with E-state index in [1.54, 1.807) is 6.07 Å². The van der Waals surface area contributed by atoms with Crippen molar-refractivity contribution in [1.82, 2.24) is 4.90 Å². The summed E-state index contributed by atoms with van der Waals surface area (Å²) in [5, 5.41) is 20.0. The Kier molecular flexibility index (Phi) is 7.97. The summed E-state index contributed by atoms with van der Waals surface area (Å²) < 4.78 is 11.1. The van der Waals surface area contributed by atoms with E-state index in [0.29, 0.717) is 11.5 Å². The molecule has 0 atom stereocenters. The number of hydrogen-bond acceptors (Lipinski definition) is 5. The van der Waals surface area contributed by atoms with Gasteiger partial charge in [-0.25, -0.2) is 0 Å². The highest BCUT2D eigenvalue weighted by molar-refractivity contribution is 6.96. The number of ether oxygens (including phenoxy) is 2. The number of rotatable bonds is 8. The van der Waals surface area contributed by atoms with Crippen molar-refractivity contribution in [3.63, 3.8) is 0 Å². The molecule has 0 fully saturated rings. The standard InChI is InChI=1S/C19H36BNO5Si2/c1-13(2)26-17-11-14(15(20(23)24)12-16(17)25-4)18(22)21(3)19(27(5,6)7)28(8,9)10/h11-13,19,23-24H,1-10H3. The molecule has 0 radical (unpaired) electrons. The average Bonchev–Trinajstić information content (AvgIpc) is 2.50. The van der Waals surface area contributed by atoms with Crippen LogP contribution in [0.4, 0.5) is 0 Å². The maximum Gasteiger partial charge on any atom is 0.489 e. The summed E-state index contributed by atoms with van der Waals surface area (Å²) in [7, 11) is -1.87. The maximum absolute atomic E-state index is 13.5. The topological polar surface area (TPSA) is 79.2 Å². The van der Waals surface area contributed by atoms with Gasteiger partial charge in [-0.3, -0.25) is 4.79 Å². The molecule has 0 spiro atoms. The molecule has 0 heterocycles. The van der Waals surface area contributed by atoms with Gasteiger partial charge in [-0.05, 0) is 31.4 Å². The molecule has 1 amide bonds. The summed E-state index contributed by atoms with van der Waals surface area (Å²) in [6.45, 7) is 17.4. The number of methoxy groups -OCH3 is 1. The molecule has 0 aliphatic carbocycles. The second kappa shape index (κ2) is 9.02. The van der Waals surface area contributed by atoms with Crippen molar-refractivity contribution in [3.8, 4) is 11.5 Å². The lowest BCUT2D eigenvalue weighted by Crippen LogP contribution is -2.63. The first-order chi connectivity index (χ1) is 12.6. The number of hydrogen-bond donors (Lipinski definition) is 2. The summed E-state index contributed by atoms with van der Waals surface area (Å²) in [5.74, 6) is 0.549.